The van der Waals surface area contributed by atoms with Gasteiger partial charge in [0.05, 0.1) is 12.7 Å². The normalized spacial score (nSPS) is 14.0. The molecule has 0 radical (unpaired) electrons. The van der Waals surface area contributed by atoms with Gasteiger partial charge in [-0.05, 0) is 30.5 Å². The largest absolute Gasteiger partial charge is 0.496 e. The van der Waals surface area contributed by atoms with E-state index in [9.17, 15) is 14.4 Å². The number of hydrogen-bond acceptors (Lipinski definition) is 4. The Kier molecular flexibility index (Phi) is 11.6. The molecule has 3 amide bonds. The molecule has 190 valence electrons. The van der Waals surface area contributed by atoms with Gasteiger partial charge in [-0.3, -0.25) is 9.59 Å². The molecule has 8 heteroatoms. The number of carbonyl (C=O) groups excluding carboxylic acids is 2. The minimum absolute atomic E-state index is 0.0528. The molecule has 0 aliphatic heterocycles. The van der Waals surface area contributed by atoms with Gasteiger partial charge in [-0.25, -0.2) is 4.79 Å². The molecule has 0 spiro atoms. The molecule has 1 aliphatic carbocycles. The third-order valence-electron chi connectivity index (χ3n) is 6.18. The number of carboxylic acid groups (broad SMARTS) is 1. The number of hydrogen-bond donors (Lipinski definition) is 4. The lowest BCUT2D eigenvalue weighted by molar-refractivity contribution is -0.120. The lowest BCUT2D eigenvalue weighted by atomic mass is 9.69. The summed E-state index contributed by atoms with van der Waals surface area (Å²) in [6.07, 6.45) is 5.34. The van der Waals surface area contributed by atoms with Crippen molar-refractivity contribution in [3.05, 3.63) is 65.7 Å². The molecule has 0 unspecified atom stereocenters. The Labute approximate surface area is 207 Å². The Hall–Kier alpha value is -3.55. The van der Waals surface area contributed by atoms with Gasteiger partial charge in [0.2, 0.25) is 5.91 Å². The van der Waals surface area contributed by atoms with E-state index in [4.69, 9.17) is 9.84 Å². The number of rotatable bonds is 9. The van der Waals surface area contributed by atoms with Gasteiger partial charge in [0.15, 0.2) is 0 Å². The second kappa shape index (κ2) is 14.7. The predicted molar refractivity (Wildman–Crippen MR) is 136 cm³/mol. The van der Waals surface area contributed by atoms with Gasteiger partial charge in [0, 0.05) is 31.5 Å². The maximum atomic E-state index is 12.6. The van der Waals surface area contributed by atoms with Crippen molar-refractivity contribution in [3.63, 3.8) is 0 Å². The minimum atomic E-state index is -1.07. The van der Waals surface area contributed by atoms with Gasteiger partial charge < -0.3 is 25.8 Å². The first kappa shape index (κ1) is 27.7. The smallest absolute Gasteiger partial charge is 0.404 e. The molecule has 0 saturated heterocycles. The van der Waals surface area contributed by atoms with Gasteiger partial charge in [0.1, 0.15) is 5.75 Å². The van der Waals surface area contributed by atoms with Crippen molar-refractivity contribution in [1.29, 1.82) is 0 Å². The summed E-state index contributed by atoms with van der Waals surface area (Å²) in [5.41, 5.74) is 1.99. The Morgan fingerprint density at radius 2 is 1.51 bits per heavy atom. The van der Waals surface area contributed by atoms with Crippen LogP contribution in [0.3, 0.4) is 0 Å². The van der Waals surface area contributed by atoms with E-state index in [1.807, 2.05) is 30.3 Å². The maximum absolute atomic E-state index is 12.6. The molecule has 1 saturated carbocycles. The van der Waals surface area contributed by atoms with Crippen LogP contribution in [0, 0.1) is 0 Å². The summed E-state index contributed by atoms with van der Waals surface area (Å²) in [6, 6.07) is 18.0. The molecule has 2 aromatic carbocycles. The number of ether oxygens (including phenoxy) is 1. The summed E-state index contributed by atoms with van der Waals surface area (Å²) >= 11 is 0. The molecule has 0 atom stereocenters. The van der Waals surface area contributed by atoms with Crippen LogP contribution in [0.15, 0.2) is 54.6 Å². The number of amides is 3. The summed E-state index contributed by atoms with van der Waals surface area (Å²) in [5, 5.41) is 15.9. The molecule has 2 aromatic rings. The monoisotopic (exact) mass is 483 g/mol. The summed E-state index contributed by atoms with van der Waals surface area (Å²) in [5.74, 6) is 0.484. The maximum Gasteiger partial charge on any atom is 0.404 e. The predicted octanol–water partition coefficient (Wildman–Crippen LogP) is 4.11. The first-order chi connectivity index (χ1) is 16.9. The summed E-state index contributed by atoms with van der Waals surface area (Å²) < 4.78 is 5.31. The average Bonchev–Trinajstić information content (AvgIpc) is 2.90. The Morgan fingerprint density at radius 1 is 0.886 bits per heavy atom. The first-order valence-electron chi connectivity index (χ1n) is 12.1. The number of carbonyl (C=O) groups is 3. The van der Waals surface area contributed by atoms with Crippen LogP contribution in [-0.4, -0.2) is 49.8 Å². The molecular weight excluding hydrogens is 446 g/mol. The van der Waals surface area contributed by atoms with Crippen LogP contribution in [0.4, 0.5) is 4.79 Å². The van der Waals surface area contributed by atoms with E-state index in [-0.39, 0.29) is 23.8 Å². The van der Waals surface area contributed by atoms with Crippen molar-refractivity contribution >= 4 is 17.9 Å². The lowest BCUT2D eigenvalue weighted by Crippen LogP contribution is -2.42. The van der Waals surface area contributed by atoms with E-state index >= 15 is 0 Å². The molecule has 1 fully saturated rings. The van der Waals surface area contributed by atoms with Crippen LogP contribution in [0.25, 0.3) is 0 Å². The molecule has 0 aromatic heterocycles. The van der Waals surface area contributed by atoms with Crippen LogP contribution >= 0.6 is 0 Å². The summed E-state index contributed by atoms with van der Waals surface area (Å²) in [7, 11) is 1.60. The van der Waals surface area contributed by atoms with E-state index in [1.54, 1.807) is 14.0 Å². The number of benzene rings is 2. The SMILES string of the molecule is CCC(=O)NCCNC(=O)O.COc1ccccc1C(=O)NCC1(c2ccccc2)CCCCC1. The van der Waals surface area contributed by atoms with Crippen LogP contribution in [0.2, 0.25) is 0 Å². The highest BCUT2D eigenvalue weighted by atomic mass is 16.5. The Bertz CT molecular complexity index is 943. The van der Waals surface area contributed by atoms with E-state index in [0.29, 0.717) is 30.8 Å². The number of para-hydroxylation sites is 1. The van der Waals surface area contributed by atoms with Crippen molar-refractivity contribution in [2.75, 3.05) is 26.7 Å². The van der Waals surface area contributed by atoms with Crippen LogP contribution in [0.5, 0.6) is 5.75 Å². The first-order valence-corrected chi connectivity index (χ1v) is 12.1. The fourth-order valence-corrected chi connectivity index (χ4v) is 4.26. The molecule has 0 bridgehead atoms. The van der Waals surface area contributed by atoms with Gasteiger partial charge in [0.25, 0.3) is 5.91 Å². The standard InChI is InChI=1S/C21H25NO2.C6H12N2O3/c1-24-19-13-7-6-12-18(19)20(23)22-16-21(14-8-3-9-15-21)17-10-4-2-5-11-17;1-2-5(9)7-3-4-8-6(10)11/h2,4-7,10-13H,3,8-9,14-16H2,1H3,(H,22,23);8H,2-4H2,1H3,(H,7,9)(H,10,11). The van der Waals surface area contributed by atoms with Gasteiger partial charge >= 0.3 is 6.09 Å². The molecule has 0 heterocycles. The van der Waals surface area contributed by atoms with Crippen molar-refractivity contribution in [3.8, 4) is 5.75 Å². The molecule has 8 nitrogen and oxygen atoms in total. The van der Waals surface area contributed by atoms with Crippen molar-refractivity contribution < 1.29 is 24.2 Å². The van der Waals surface area contributed by atoms with E-state index in [0.717, 1.165) is 12.8 Å². The fourth-order valence-electron chi connectivity index (χ4n) is 4.26. The Balaban J connectivity index is 0.000000334. The van der Waals surface area contributed by atoms with Crippen LogP contribution in [-0.2, 0) is 10.2 Å². The molecule has 3 rings (SSSR count). The van der Waals surface area contributed by atoms with Gasteiger partial charge in [-0.15, -0.1) is 0 Å². The highest BCUT2D eigenvalue weighted by molar-refractivity contribution is 5.97. The van der Waals surface area contributed by atoms with E-state index in [2.05, 4.69) is 40.2 Å². The number of nitrogens with one attached hydrogen (secondary N) is 3. The van der Waals surface area contributed by atoms with E-state index < -0.39 is 6.09 Å². The van der Waals surface area contributed by atoms with Crippen LogP contribution in [0.1, 0.15) is 61.4 Å². The second-order valence-corrected chi connectivity index (χ2v) is 8.53. The van der Waals surface area contributed by atoms with Gasteiger partial charge in [-0.2, -0.15) is 0 Å². The van der Waals surface area contributed by atoms with Crippen molar-refractivity contribution in [2.24, 2.45) is 0 Å². The zero-order valence-corrected chi connectivity index (χ0v) is 20.6. The highest BCUT2D eigenvalue weighted by Crippen LogP contribution is 2.39. The molecule has 35 heavy (non-hydrogen) atoms. The van der Waals surface area contributed by atoms with Crippen molar-refractivity contribution in [1.82, 2.24) is 16.0 Å². The zero-order chi connectivity index (χ0) is 25.5. The quantitative estimate of drug-likeness (QED) is 0.401. The topological polar surface area (TPSA) is 117 Å². The highest BCUT2D eigenvalue weighted by Gasteiger charge is 2.34. The molecule has 1 aliphatic rings. The molecular formula is C27H37N3O5. The third-order valence-corrected chi connectivity index (χ3v) is 6.18. The second-order valence-electron chi connectivity index (χ2n) is 8.53. The van der Waals surface area contributed by atoms with Gasteiger partial charge in [-0.1, -0.05) is 68.7 Å². The van der Waals surface area contributed by atoms with Crippen molar-refractivity contribution in [2.45, 2.75) is 50.9 Å². The third kappa shape index (κ3) is 8.96. The molecule has 4 N–H and O–H groups in total. The van der Waals surface area contributed by atoms with E-state index in [1.165, 1.54) is 24.8 Å². The lowest BCUT2D eigenvalue weighted by Gasteiger charge is -2.38. The minimum Gasteiger partial charge on any atom is -0.496 e. The average molecular weight is 484 g/mol. The van der Waals surface area contributed by atoms with Crippen LogP contribution < -0.4 is 20.7 Å². The Morgan fingerprint density at radius 3 is 2.14 bits per heavy atom. The fraction of sp³-hybridized carbons (Fsp3) is 0.444. The summed E-state index contributed by atoms with van der Waals surface area (Å²) in [6.45, 7) is 3.01. The number of methoxy groups -OCH3 is 1. The summed E-state index contributed by atoms with van der Waals surface area (Å²) in [4.78, 5) is 33.1. The zero-order valence-electron chi connectivity index (χ0n) is 20.6.